The summed E-state index contributed by atoms with van der Waals surface area (Å²) in [7, 11) is 0. The molecule has 0 radical (unpaired) electrons. The van der Waals surface area contributed by atoms with E-state index in [4.69, 9.17) is 16.0 Å². The van der Waals surface area contributed by atoms with Crippen LogP contribution < -0.4 is 5.63 Å². The molecule has 20 heavy (non-hydrogen) atoms. The van der Waals surface area contributed by atoms with Gasteiger partial charge in [0.15, 0.2) is 0 Å². The van der Waals surface area contributed by atoms with Crippen molar-refractivity contribution in [1.82, 2.24) is 4.98 Å². The van der Waals surface area contributed by atoms with Crippen molar-refractivity contribution in [2.24, 2.45) is 0 Å². The zero-order valence-electron chi connectivity index (χ0n) is 9.86. The van der Waals surface area contributed by atoms with Crippen molar-refractivity contribution in [3.63, 3.8) is 0 Å². The minimum absolute atomic E-state index is 0.0784. The van der Waals surface area contributed by atoms with Crippen LogP contribution in [0.15, 0.2) is 45.6 Å². The molecule has 0 N–H and O–H groups in total. The predicted octanol–water partition coefficient (Wildman–Crippen LogP) is 3.79. The van der Waals surface area contributed by atoms with Gasteiger partial charge in [0.05, 0.1) is 10.5 Å². The number of aromatic nitrogens is 1. The van der Waals surface area contributed by atoms with Crippen molar-refractivity contribution in [1.29, 1.82) is 0 Å². The fraction of sp³-hybridized carbons (Fsp3) is 0. The molecule has 0 spiro atoms. The molecule has 100 valence electrons. The lowest BCUT2D eigenvalue weighted by atomic mass is 10.2. The maximum Gasteiger partial charge on any atom is 0.348 e. The Morgan fingerprint density at radius 1 is 1.05 bits per heavy atom. The molecule has 3 aromatic rings. The number of nitrogens with zero attached hydrogens (tertiary/aromatic N) is 1. The summed E-state index contributed by atoms with van der Waals surface area (Å²) in [6.45, 7) is 0. The fourth-order valence-corrected chi connectivity index (χ4v) is 2.13. The molecule has 1 aromatic heterocycles. The summed E-state index contributed by atoms with van der Waals surface area (Å²) < 4.78 is 32.2. The van der Waals surface area contributed by atoms with Gasteiger partial charge in [-0.25, -0.2) is 18.6 Å². The number of benzene rings is 2. The largest absolute Gasteiger partial charge is 0.403 e. The van der Waals surface area contributed by atoms with E-state index < -0.39 is 28.7 Å². The van der Waals surface area contributed by atoms with Gasteiger partial charge in [0.2, 0.25) is 5.89 Å². The van der Waals surface area contributed by atoms with E-state index in [1.807, 2.05) is 0 Å². The molecule has 3 nitrogen and oxygen atoms in total. The fourth-order valence-electron chi connectivity index (χ4n) is 1.89. The Kier molecular flexibility index (Phi) is 2.99. The molecule has 0 aliphatic rings. The molecular formula is C14H6ClF2NO2. The molecule has 0 amide bonds. The van der Waals surface area contributed by atoms with Gasteiger partial charge in [0.25, 0.3) is 0 Å². The molecular weight excluding hydrogens is 288 g/mol. The Balaban J connectivity index is 2.37. The van der Waals surface area contributed by atoms with Gasteiger partial charge in [-0.2, -0.15) is 0 Å². The smallest absolute Gasteiger partial charge is 0.348 e. The van der Waals surface area contributed by atoms with Crippen LogP contribution in [-0.4, -0.2) is 4.98 Å². The quantitative estimate of drug-likeness (QED) is 0.685. The van der Waals surface area contributed by atoms with Crippen LogP contribution >= 0.6 is 11.6 Å². The van der Waals surface area contributed by atoms with E-state index in [2.05, 4.69) is 4.98 Å². The van der Waals surface area contributed by atoms with Crippen LogP contribution in [0.4, 0.5) is 8.78 Å². The zero-order valence-corrected chi connectivity index (χ0v) is 10.6. The minimum Gasteiger partial charge on any atom is -0.403 e. The summed E-state index contributed by atoms with van der Waals surface area (Å²) in [5.41, 5.74) is -1.06. The van der Waals surface area contributed by atoms with Crippen molar-refractivity contribution < 1.29 is 13.2 Å². The summed E-state index contributed by atoms with van der Waals surface area (Å²) in [5, 5.41) is 0.249. The molecule has 0 atom stereocenters. The number of rotatable bonds is 1. The average Bonchev–Trinajstić information content (AvgIpc) is 2.38. The van der Waals surface area contributed by atoms with E-state index in [9.17, 15) is 13.6 Å². The molecule has 2 aromatic carbocycles. The first-order valence-electron chi connectivity index (χ1n) is 5.61. The summed E-state index contributed by atoms with van der Waals surface area (Å²) in [6.07, 6.45) is 0. The highest BCUT2D eigenvalue weighted by atomic mass is 35.5. The minimum atomic E-state index is -0.859. The van der Waals surface area contributed by atoms with Crippen LogP contribution in [-0.2, 0) is 0 Å². The first-order chi connectivity index (χ1) is 9.58. The summed E-state index contributed by atoms with van der Waals surface area (Å²) in [4.78, 5) is 15.8. The molecule has 0 unspecified atom stereocenters. The Morgan fingerprint density at radius 3 is 2.40 bits per heavy atom. The Morgan fingerprint density at radius 2 is 1.70 bits per heavy atom. The molecule has 0 aliphatic carbocycles. The predicted molar refractivity (Wildman–Crippen MR) is 70.6 cm³/mol. The van der Waals surface area contributed by atoms with Crippen LogP contribution in [0.2, 0.25) is 5.02 Å². The van der Waals surface area contributed by atoms with Crippen molar-refractivity contribution in [2.75, 3.05) is 0 Å². The molecule has 0 saturated carbocycles. The third-order valence-corrected chi connectivity index (χ3v) is 3.10. The van der Waals surface area contributed by atoms with Gasteiger partial charge in [0, 0.05) is 0 Å². The lowest BCUT2D eigenvalue weighted by Gasteiger charge is -2.04. The van der Waals surface area contributed by atoms with Gasteiger partial charge < -0.3 is 4.42 Å². The number of fused-ring (bicyclic) bond motifs is 1. The summed E-state index contributed by atoms with van der Waals surface area (Å²) >= 11 is 5.88. The number of hydrogen-bond donors (Lipinski definition) is 0. The lowest BCUT2D eigenvalue weighted by molar-refractivity contribution is 0.501. The van der Waals surface area contributed by atoms with Gasteiger partial charge in [-0.3, -0.25) is 0 Å². The van der Waals surface area contributed by atoms with Crippen molar-refractivity contribution in [3.8, 4) is 11.5 Å². The SMILES string of the molecule is O=c1oc(-c2c(F)cccc2F)nc2cccc(Cl)c12. The van der Waals surface area contributed by atoms with Crippen LogP contribution in [0, 0.1) is 11.6 Å². The second-order valence-electron chi connectivity index (χ2n) is 4.04. The molecule has 0 aliphatic heterocycles. The lowest BCUT2D eigenvalue weighted by Crippen LogP contribution is -2.05. The van der Waals surface area contributed by atoms with Crippen LogP contribution in [0.5, 0.6) is 0 Å². The molecule has 6 heteroatoms. The molecule has 1 heterocycles. The van der Waals surface area contributed by atoms with Crippen LogP contribution in [0.25, 0.3) is 22.4 Å². The van der Waals surface area contributed by atoms with Crippen LogP contribution in [0.3, 0.4) is 0 Å². The third-order valence-electron chi connectivity index (χ3n) is 2.78. The van der Waals surface area contributed by atoms with Crippen molar-refractivity contribution in [2.45, 2.75) is 0 Å². The van der Waals surface area contributed by atoms with Crippen LogP contribution in [0.1, 0.15) is 0 Å². The first kappa shape index (κ1) is 12.7. The molecule has 0 saturated heterocycles. The van der Waals surface area contributed by atoms with E-state index in [0.717, 1.165) is 12.1 Å². The topological polar surface area (TPSA) is 43.1 Å². The highest BCUT2D eigenvalue weighted by Gasteiger charge is 2.17. The van der Waals surface area contributed by atoms with E-state index in [1.165, 1.54) is 18.2 Å². The van der Waals surface area contributed by atoms with Gasteiger partial charge in [-0.15, -0.1) is 0 Å². The van der Waals surface area contributed by atoms with Gasteiger partial charge in [0.1, 0.15) is 22.6 Å². The van der Waals surface area contributed by atoms with E-state index in [-0.39, 0.29) is 15.9 Å². The second kappa shape index (κ2) is 4.68. The number of halogens is 3. The second-order valence-corrected chi connectivity index (χ2v) is 4.44. The zero-order chi connectivity index (χ0) is 14.3. The van der Waals surface area contributed by atoms with Gasteiger partial charge in [-0.1, -0.05) is 23.7 Å². The van der Waals surface area contributed by atoms with Crippen molar-refractivity contribution >= 4 is 22.5 Å². The normalized spacial score (nSPS) is 10.9. The van der Waals surface area contributed by atoms with E-state index in [1.54, 1.807) is 6.07 Å². The highest BCUT2D eigenvalue weighted by Crippen LogP contribution is 2.26. The maximum absolute atomic E-state index is 13.7. The standard InChI is InChI=1S/C14H6ClF2NO2/c15-7-3-1-6-10-11(7)14(19)20-13(18-10)12-8(16)4-2-5-9(12)17/h1-6H. The number of hydrogen-bond acceptors (Lipinski definition) is 3. The maximum atomic E-state index is 13.7. The molecule has 0 fully saturated rings. The molecule has 3 rings (SSSR count). The summed E-state index contributed by atoms with van der Waals surface area (Å²) in [5.74, 6) is -2.13. The van der Waals surface area contributed by atoms with Gasteiger partial charge in [-0.05, 0) is 24.3 Å². The highest BCUT2D eigenvalue weighted by molar-refractivity contribution is 6.35. The third kappa shape index (κ3) is 1.96. The molecule has 0 bridgehead atoms. The van der Waals surface area contributed by atoms with E-state index in [0.29, 0.717) is 0 Å². The Labute approximate surface area is 116 Å². The first-order valence-corrected chi connectivity index (χ1v) is 5.99. The summed E-state index contributed by atoms with van der Waals surface area (Å²) in [6, 6.07) is 7.93. The van der Waals surface area contributed by atoms with E-state index >= 15 is 0 Å². The Hall–Kier alpha value is -2.27. The average molecular weight is 294 g/mol. The Bertz CT molecular complexity index is 856. The van der Waals surface area contributed by atoms with Gasteiger partial charge >= 0.3 is 5.63 Å². The van der Waals surface area contributed by atoms with Crippen molar-refractivity contribution in [3.05, 3.63) is 63.5 Å². The monoisotopic (exact) mass is 293 g/mol.